The lowest BCUT2D eigenvalue weighted by atomic mass is 10.2. The van der Waals surface area contributed by atoms with E-state index in [0.29, 0.717) is 5.75 Å². The van der Waals surface area contributed by atoms with Crippen molar-refractivity contribution in [1.82, 2.24) is 5.32 Å². The van der Waals surface area contributed by atoms with Crippen molar-refractivity contribution >= 4 is 5.91 Å². The molecule has 0 heterocycles. The average molecular weight is 252 g/mol. The number of hydrogen-bond acceptors (Lipinski definition) is 4. The molecule has 1 aromatic rings. The van der Waals surface area contributed by atoms with Crippen molar-refractivity contribution in [2.45, 2.75) is 13.0 Å². The number of methoxy groups -OCH3 is 1. The minimum atomic E-state index is -0.473. The molecule has 0 saturated heterocycles. The van der Waals surface area contributed by atoms with Crippen LogP contribution in [0.4, 0.5) is 0 Å². The lowest BCUT2D eigenvalue weighted by Gasteiger charge is -2.06. The van der Waals surface area contributed by atoms with Crippen molar-refractivity contribution in [2.24, 2.45) is 5.73 Å². The number of carbonyl (C=O) groups is 1. The Morgan fingerprint density at radius 2 is 2.06 bits per heavy atom. The zero-order valence-electron chi connectivity index (χ0n) is 10.6. The first kappa shape index (κ1) is 14.5. The highest BCUT2D eigenvalue weighted by atomic mass is 16.5. The van der Waals surface area contributed by atoms with Gasteiger partial charge in [0.25, 0.3) is 5.91 Å². The fourth-order valence-corrected chi connectivity index (χ4v) is 1.43. The van der Waals surface area contributed by atoms with Gasteiger partial charge in [-0.3, -0.25) is 4.79 Å². The molecule has 0 saturated carbocycles. The van der Waals surface area contributed by atoms with Crippen LogP contribution in [-0.4, -0.2) is 32.8 Å². The first-order valence-electron chi connectivity index (χ1n) is 5.92. The monoisotopic (exact) mass is 252 g/mol. The van der Waals surface area contributed by atoms with E-state index in [1.165, 1.54) is 5.56 Å². The molecule has 18 heavy (non-hydrogen) atoms. The predicted molar refractivity (Wildman–Crippen MR) is 69.3 cm³/mol. The summed E-state index contributed by atoms with van der Waals surface area (Å²) in [6.45, 7) is 2.41. The SMILES string of the molecule is COCCCNCc1ccc(OCC(N)=O)cc1. The summed E-state index contributed by atoms with van der Waals surface area (Å²) in [4.78, 5) is 10.5. The second-order valence-electron chi connectivity index (χ2n) is 3.92. The van der Waals surface area contributed by atoms with E-state index in [9.17, 15) is 4.79 Å². The Bertz CT molecular complexity index is 352. The summed E-state index contributed by atoms with van der Waals surface area (Å²) >= 11 is 0. The van der Waals surface area contributed by atoms with Gasteiger partial charge in [0.2, 0.25) is 0 Å². The number of carbonyl (C=O) groups excluding carboxylic acids is 1. The molecule has 0 spiro atoms. The third-order valence-corrected chi connectivity index (χ3v) is 2.34. The minimum Gasteiger partial charge on any atom is -0.484 e. The molecule has 0 radical (unpaired) electrons. The molecule has 3 N–H and O–H groups in total. The van der Waals surface area contributed by atoms with Crippen molar-refractivity contribution in [3.8, 4) is 5.75 Å². The molecule has 0 unspecified atom stereocenters. The van der Waals surface area contributed by atoms with Gasteiger partial charge in [0, 0.05) is 20.3 Å². The average Bonchev–Trinajstić information content (AvgIpc) is 2.37. The van der Waals surface area contributed by atoms with Crippen LogP contribution in [0.25, 0.3) is 0 Å². The van der Waals surface area contributed by atoms with Crippen LogP contribution in [-0.2, 0) is 16.1 Å². The molecule has 5 heteroatoms. The fraction of sp³-hybridized carbons (Fsp3) is 0.462. The number of amides is 1. The summed E-state index contributed by atoms with van der Waals surface area (Å²) in [5.41, 5.74) is 6.16. The highest BCUT2D eigenvalue weighted by Gasteiger charge is 1.98. The van der Waals surface area contributed by atoms with E-state index in [4.69, 9.17) is 15.2 Å². The third kappa shape index (κ3) is 6.22. The Morgan fingerprint density at radius 3 is 2.67 bits per heavy atom. The van der Waals surface area contributed by atoms with E-state index in [0.717, 1.165) is 26.1 Å². The third-order valence-electron chi connectivity index (χ3n) is 2.34. The van der Waals surface area contributed by atoms with E-state index in [1.807, 2.05) is 24.3 Å². The van der Waals surface area contributed by atoms with E-state index in [2.05, 4.69) is 5.32 Å². The lowest BCUT2D eigenvalue weighted by molar-refractivity contribution is -0.119. The van der Waals surface area contributed by atoms with Crippen LogP contribution in [0.3, 0.4) is 0 Å². The maximum absolute atomic E-state index is 10.5. The number of nitrogens with two attached hydrogens (primary N) is 1. The summed E-state index contributed by atoms with van der Waals surface area (Å²) in [5.74, 6) is 0.177. The molecule has 0 fully saturated rings. The zero-order chi connectivity index (χ0) is 13.2. The van der Waals surface area contributed by atoms with Crippen LogP contribution >= 0.6 is 0 Å². The summed E-state index contributed by atoms with van der Waals surface area (Å²) in [7, 11) is 1.70. The van der Waals surface area contributed by atoms with Crippen LogP contribution in [0.15, 0.2) is 24.3 Å². The lowest BCUT2D eigenvalue weighted by Crippen LogP contribution is -2.20. The van der Waals surface area contributed by atoms with Crippen LogP contribution in [0.2, 0.25) is 0 Å². The standard InChI is InChI=1S/C13H20N2O3/c1-17-8-2-7-15-9-11-3-5-12(6-4-11)18-10-13(14)16/h3-6,15H,2,7-10H2,1H3,(H2,14,16). The predicted octanol–water partition coefficient (Wildman–Crippen LogP) is 0.677. The molecule has 1 aromatic carbocycles. The second-order valence-corrected chi connectivity index (χ2v) is 3.92. The van der Waals surface area contributed by atoms with Gasteiger partial charge in [-0.15, -0.1) is 0 Å². The van der Waals surface area contributed by atoms with Gasteiger partial charge in [-0.1, -0.05) is 12.1 Å². The smallest absolute Gasteiger partial charge is 0.255 e. The van der Waals surface area contributed by atoms with Crippen LogP contribution in [0, 0.1) is 0 Å². The maximum Gasteiger partial charge on any atom is 0.255 e. The quantitative estimate of drug-likeness (QED) is 0.634. The van der Waals surface area contributed by atoms with E-state index in [1.54, 1.807) is 7.11 Å². The molecular formula is C13H20N2O3. The van der Waals surface area contributed by atoms with Gasteiger partial charge in [-0.05, 0) is 30.7 Å². The highest BCUT2D eigenvalue weighted by molar-refractivity contribution is 5.75. The number of primary amides is 1. The first-order chi connectivity index (χ1) is 8.72. The Morgan fingerprint density at radius 1 is 1.33 bits per heavy atom. The van der Waals surface area contributed by atoms with Gasteiger partial charge >= 0.3 is 0 Å². The molecule has 0 aromatic heterocycles. The summed E-state index contributed by atoms with van der Waals surface area (Å²) in [5, 5.41) is 3.31. The Kier molecular flexibility index (Phi) is 6.83. The molecule has 1 rings (SSSR count). The number of rotatable bonds is 9. The molecule has 0 atom stereocenters. The van der Waals surface area contributed by atoms with Crippen molar-refractivity contribution < 1.29 is 14.3 Å². The fourth-order valence-electron chi connectivity index (χ4n) is 1.43. The summed E-state index contributed by atoms with van der Waals surface area (Å²) < 4.78 is 10.1. The summed E-state index contributed by atoms with van der Waals surface area (Å²) in [6.07, 6.45) is 0.996. The largest absolute Gasteiger partial charge is 0.484 e. The van der Waals surface area contributed by atoms with Gasteiger partial charge in [0.15, 0.2) is 6.61 Å². The topological polar surface area (TPSA) is 73.6 Å². The van der Waals surface area contributed by atoms with Gasteiger partial charge in [0.05, 0.1) is 0 Å². The van der Waals surface area contributed by atoms with Crippen molar-refractivity contribution in [3.63, 3.8) is 0 Å². The Labute approximate surface area is 107 Å². The zero-order valence-corrected chi connectivity index (χ0v) is 10.6. The van der Waals surface area contributed by atoms with Gasteiger partial charge < -0.3 is 20.5 Å². The molecule has 1 amide bonds. The Hall–Kier alpha value is -1.59. The number of ether oxygens (including phenoxy) is 2. The van der Waals surface area contributed by atoms with Gasteiger partial charge in [-0.25, -0.2) is 0 Å². The van der Waals surface area contributed by atoms with Crippen LogP contribution in [0.1, 0.15) is 12.0 Å². The number of nitrogens with one attached hydrogen (secondary N) is 1. The minimum absolute atomic E-state index is 0.0887. The maximum atomic E-state index is 10.5. The normalized spacial score (nSPS) is 10.3. The molecule has 0 aliphatic rings. The van der Waals surface area contributed by atoms with Crippen molar-refractivity contribution in [1.29, 1.82) is 0 Å². The molecule has 0 bridgehead atoms. The summed E-state index contributed by atoms with van der Waals surface area (Å²) in [6, 6.07) is 7.57. The molecule has 5 nitrogen and oxygen atoms in total. The first-order valence-corrected chi connectivity index (χ1v) is 5.92. The van der Waals surface area contributed by atoms with E-state index >= 15 is 0 Å². The van der Waals surface area contributed by atoms with E-state index in [-0.39, 0.29) is 6.61 Å². The van der Waals surface area contributed by atoms with Crippen molar-refractivity contribution in [2.75, 3.05) is 26.9 Å². The van der Waals surface area contributed by atoms with Gasteiger partial charge in [-0.2, -0.15) is 0 Å². The second kappa shape index (κ2) is 8.49. The Balaban J connectivity index is 2.25. The van der Waals surface area contributed by atoms with Gasteiger partial charge in [0.1, 0.15) is 5.75 Å². The van der Waals surface area contributed by atoms with Crippen LogP contribution in [0.5, 0.6) is 5.75 Å². The molecule has 0 aliphatic carbocycles. The molecule has 0 aliphatic heterocycles. The number of hydrogen-bond donors (Lipinski definition) is 2. The van der Waals surface area contributed by atoms with Crippen molar-refractivity contribution in [3.05, 3.63) is 29.8 Å². The van der Waals surface area contributed by atoms with E-state index < -0.39 is 5.91 Å². The molecule has 100 valence electrons. The number of benzene rings is 1. The highest BCUT2D eigenvalue weighted by Crippen LogP contribution is 2.11. The molecular weight excluding hydrogens is 232 g/mol. The van der Waals surface area contributed by atoms with Crippen LogP contribution < -0.4 is 15.8 Å².